The Balaban J connectivity index is 2.77. The lowest BCUT2D eigenvalue weighted by Crippen LogP contribution is -1.89. The number of aromatic nitrogens is 2. The molecular weight excluding hydrogens is 188 g/mol. The quantitative estimate of drug-likeness (QED) is 0.699. The summed E-state index contributed by atoms with van der Waals surface area (Å²) in [5.41, 5.74) is 0.742. The molecule has 3 nitrogen and oxygen atoms in total. The van der Waals surface area contributed by atoms with Crippen LogP contribution >= 0.6 is 11.6 Å². The fourth-order valence-corrected chi connectivity index (χ4v) is 1.34. The van der Waals surface area contributed by atoms with Crippen LogP contribution < -0.4 is 4.74 Å². The highest BCUT2D eigenvalue weighted by Gasteiger charge is 2.02. The van der Waals surface area contributed by atoms with E-state index >= 15 is 0 Å². The number of halogens is 1. The number of hydrogen-bond donors (Lipinski definition) is 0. The van der Waals surface area contributed by atoms with Gasteiger partial charge in [-0.2, -0.15) is 10.2 Å². The summed E-state index contributed by atoms with van der Waals surface area (Å²) in [6.07, 6.45) is 1.58. The maximum Gasteiger partial charge on any atom is 0.148 e. The van der Waals surface area contributed by atoms with Gasteiger partial charge in [0.25, 0.3) is 0 Å². The van der Waals surface area contributed by atoms with E-state index in [9.17, 15) is 0 Å². The molecule has 0 saturated heterocycles. The molecular formula is C9H7ClN2O. The minimum Gasteiger partial charge on any atom is -0.494 e. The second kappa shape index (κ2) is 3.18. The minimum atomic E-state index is 0.648. The number of benzene rings is 1. The molecule has 0 atom stereocenters. The molecule has 2 aromatic rings. The number of hydrogen-bond acceptors (Lipinski definition) is 3. The molecule has 0 N–H and O–H groups in total. The van der Waals surface area contributed by atoms with Crippen molar-refractivity contribution < 1.29 is 4.74 Å². The van der Waals surface area contributed by atoms with Gasteiger partial charge in [0.15, 0.2) is 0 Å². The average Bonchev–Trinajstić information content (AvgIpc) is 2.16. The summed E-state index contributed by atoms with van der Waals surface area (Å²) in [7, 11) is 1.60. The lowest BCUT2D eigenvalue weighted by Gasteiger charge is -2.02. The number of nitrogens with zero attached hydrogens (tertiary/aromatic N) is 2. The van der Waals surface area contributed by atoms with Crippen LogP contribution in [0.3, 0.4) is 0 Å². The molecule has 0 bridgehead atoms. The first-order valence-corrected chi connectivity index (χ1v) is 4.14. The number of methoxy groups -OCH3 is 1. The van der Waals surface area contributed by atoms with E-state index in [2.05, 4.69) is 10.2 Å². The van der Waals surface area contributed by atoms with E-state index in [0.717, 1.165) is 10.9 Å². The average molecular weight is 195 g/mol. The molecule has 0 amide bonds. The molecule has 0 saturated carbocycles. The van der Waals surface area contributed by atoms with Crippen LogP contribution in [0.2, 0.25) is 5.02 Å². The Bertz CT molecular complexity index is 445. The Morgan fingerprint density at radius 1 is 1.38 bits per heavy atom. The van der Waals surface area contributed by atoms with Crippen LogP contribution in [0.1, 0.15) is 0 Å². The Labute approximate surface area is 80.3 Å². The van der Waals surface area contributed by atoms with Gasteiger partial charge in [-0.3, -0.25) is 0 Å². The highest BCUT2D eigenvalue weighted by Crippen LogP contribution is 2.24. The molecule has 0 aliphatic rings. The summed E-state index contributed by atoms with van der Waals surface area (Å²) in [6, 6.07) is 5.42. The van der Waals surface area contributed by atoms with Crippen LogP contribution in [-0.2, 0) is 0 Å². The molecule has 1 heterocycles. The van der Waals surface area contributed by atoms with Crippen molar-refractivity contribution in [3.05, 3.63) is 29.4 Å². The van der Waals surface area contributed by atoms with Crippen LogP contribution in [0.5, 0.6) is 5.75 Å². The van der Waals surface area contributed by atoms with Gasteiger partial charge >= 0.3 is 0 Å². The smallest absolute Gasteiger partial charge is 0.148 e. The molecule has 0 aliphatic carbocycles. The Morgan fingerprint density at radius 3 is 3.00 bits per heavy atom. The van der Waals surface area contributed by atoms with E-state index in [1.165, 1.54) is 0 Å². The fraction of sp³-hybridized carbons (Fsp3) is 0.111. The first kappa shape index (κ1) is 8.26. The van der Waals surface area contributed by atoms with Crippen LogP contribution in [0.15, 0.2) is 24.4 Å². The third kappa shape index (κ3) is 1.42. The monoisotopic (exact) mass is 194 g/mol. The number of ether oxygens (including phenoxy) is 1. The predicted octanol–water partition coefficient (Wildman–Crippen LogP) is 2.29. The van der Waals surface area contributed by atoms with Crippen molar-refractivity contribution in [3.63, 3.8) is 0 Å². The number of fused-ring (bicyclic) bond motifs is 1. The largest absolute Gasteiger partial charge is 0.494 e. The SMILES string of the molecule is COc1cnnc2cc(Cl)ccc12. The Morgan fingerprint density at radius 2 is 2.23 bits per heavy atom. The van der Waals surface area contributed by atoms with Gasteiger partial charge < -0.3 is 4.74 Å². The lowest BCUT2D eigenvalue weighted by atomic mass is 10.2. The summed E-state index contributed by atoms with van der Waals surface area (Å²) in [6.45, 7) is 0. The van der Waals surface area contributed by atoms with E-state index in [0.29, 0.717) is 10.8 Å². The second-order valence-electron chi connectivity index (χ2n) is 2.57. The predicted molar refractivity (Wildman–Crippen MR) is 51.1 cm³/mol. The normalized spacial score (nSPS) is 10.3. The summed E-state index contributed by atoms with van der Waals surface area (Å²) in [5, 5.41) is 9.29. The van der Waals surface area contributed by atoms with E-state index in [-0.39, 0.29) is 0 Å². The van der Waals surface area contributed by atoms with E-state index in [1.54, 1.807) is 25.4 Å². The summed E-state index contributed by atoms with van der Waals surface area (Å²) < 4.78 is 5.12. The van der Waals surface area contributed by atoms with E-state index in [4.69, 9.17) is 16.3 Å². The van der Waals surface area contributed by atoms with E-state index < -0.39 is 0 Å². The molecule has 66 valence electrons. The van der Waals surface area contributed by atoms with Crippen LogP contribution in [0.25, 0.3) is 10.9 Å². The van der Waals surface area contributed by atoms with Crippen molar-refractivity contribution >= 4 is 22.5 Å². The van der Waals surface area contributed by atoms with E-state index in [1.807, 2.05) is 6.07 Å². The molecule has 0 radical (unpaired) electrons. The molecule has 2 rings (SSSR count). The van der Waals surface area contributed by atoms with Crippen molar-refractivity contribution in [1.29, 1.82) is 0 Å². The van der Waals surface area contributed by atoms with Gasteiger partial charge in [0.2, 0.25) is 0 Å². The maximum atomic E-state index is 5.81. The third-order valence-electron chi connectivity index (χ3n) is 1.79. The Hall–Kier alpha value is -1.35. The van der Waals surface area contributed by atoms with Crippen molar-refractivity contribution in [1.82, 2.24) is 10.2 Å². The molecule has 0 spiro atoms. The first-order chi connectivity index (χ1) is 6.31. The zero-order valence-corrected chi connectivity index (χ0v) is 7.75. The first-order valence-electron chi connectivity index (χ1n) is 3.76. The molecule has 0 aliphatic heterocycles. The minimum absolute atomic E-state index is 0.648. The van der Waals surface area contributed by atoms with Crippen LogP contribution in [0.4, 0.5) is 0 Å². The van der Waals surface area contributed by atoms with Crippen molar-refractivity contribution in [2.75, 3.05) is 7.11 Å². The zero-order valence-electron chi connectivity index (χ0n) is 6.99. The van der Waals surface area contributed by atoms with Gasteiger partial charge in [-0.1, -0.05) is 11.6 Å². The topological polar surface area (TPSA) is 35.0 Å². The summed E-state index contributed by atoms with van der Waals surface area (Å²) in [5.74, 6) is 0.710. The third-order valence-corrected chi connectivity index (χ3v) is 2.02. The highest BCUT2D eigenvalue weighted by atomic mass is 35.5. The Kier molecular flexibility index (Phi) is 2.02. The van der Waals surface area contributed by atoms with Crippen molar-refractivity contribution in [2.24, 2.45) is 0 Å². The maximum absolute atomic E-state index is 5.81. The second-order valence-corrected chi connectivity index (χ2v) is 3.01. The van der Waals surface area contributed by atoms with Gasteiger partial charge in [0.05, 0.1) is 18.8 Å². The van der Waals surface area contributed by atoms with Gasteiger partial charge in [0, 0.05) is 10.4 Å². The number of rotatable bonds is 1. The van der Waals surface area contributed by atoms with Gasteiger partial charge in [-0.15, -0.1) is 0 Å². The standard InChI is InChI=1S/C9H7ClN2O/c1-13-9-5-11-12-8-4-6(10)2-3-7(8)9/h2-5H,1H3. The van der Waals surface area contributed by atoms with Crippen LogP contribution in [0, 0.1) is 0 Å². The van der Waals surface area contributed by atoms with Gasteiger partial charge in [0.1, 0.15) is 5.75 Å². The molecule has 0 unspecified atom stereocenters. The highest BCUT2D eigenvalue weighted by molar-refractivity contribution is 6.31. The van der Waals surface area contributed by atoms with Crippen molar-refractivity contribution in [2.45, 2.75) is 0 Å². The summed E-state index contributed by atoms with van der Waals surface area (Å²) >= 11 is 5.81. The fourth-order valence-electron chi connectivity index (χ4n) is 1.17. The molecule has 0 fully saturated rings. The van der Waals surface area contributed by atoms with Gasteiger partial charge in [-0.25, -0.2) is 0 Å². The lowest BCUT2D eigenvalue weighted by molar-refractivity contribution is 0.417. The molecule has 1 aromatic carbocycles. The molecule has 13 heavy (non-hydrogen) atoms. The van der Waals surface area contributed by atoms with Crippen molar-refractivity contribution in [3.8, 4) is 5.75 Å². The van der Waals surface area contributed by atoms with Crippen LogP contribution in [-0.4, -0.2) is 17.3 Å². The summed E-state index contributed by atoms with van der Waals surface area (Å²) in [4.78, 5) is 0. The molecule has 4 heteroatoms. The molecule has 1 aromatic heterocycles. The van der Waals surface area contributed by atoms with Gasteiger partial charge in [-0.05, 0) is 18.2 Å². The zero-order chi connectivity index (χ0) is 9.26.